The molecule has 2 unspecified atom stereocenters. The van der Waals surface area contributed by atoms with Crippen LogP contribution in [0.3, 0.4) is 0 Å². The molecule has 0 radical (unpaired) electrons. The lowest BCUT2D eigenvalue weighted by Crippen LogP contribution is -2.62. The van der Waals surface area contributed by atoms with E-state index >= 15 is 0 Å². The SMILES string of the molecule is CCCC1CN(Cc2ccc(Cl)cc2F)C(C)(CC)CN1. The summed E-state index contributed by atoms with van der Waals surface area (Å²) < 4.78 is 14.1. The molecule has 0 saturated carbocycles. The van der Waals surface area contributed by atoms with Crippen LogP contribution < -0.4 is 5.32 Å². The van der Waals surface area contributed by atoms with Crippen LogP contribution in [0.15, 0.2) is 18.2 Å². The van der Waals surface area contributed by atoms with E-state index in [2.05, 4.69) is 31.0 Å². The van der Waals surface area contributed by atoms with Crippen molar-refractivity contribution in [2.45, 2.75) is 58.2 Å². The zero-order chi connectivity index (χ0) is 15.5. The number of benzene rings is 1. The van der Waals surface area contributed by atoms with Crippen LogP contribution in [-0.4, -0.2) is 29.6 Å². The zero-order valence-electron chi connectivity index (χ0n) is 13.3. The van der Waals surface area contributed by atoms with Gasteiger partial charge in [0.15, 0.2) is 0 Å². The maximum Gasteiger partial charge on any atom is 0.129 e. The fourth-order valence-corrected chi connectivity index (χ4v) is 3.19. The highest BCUT2D eigenvalue weighted by Crippen LogP contribution is 2.27. The van der Waals surface area contributed by atoms with Gasteiger partial charge in [-0.15, -0.1) is 0 Å². The summed E-state index contributed by atoms with van der Waals surface area (Å²) in [5, 5.41) is 4.10. The van der Waals surface area contributed by atoms with Crippen molar-refractivity contribution in [1.29, 1.82) is 0 Å². The maximum atomic E-state index is 14.1. The van der Waals surface area contributed by atoms with Crippen LogP contribution in [0.25, 0.3) is 0 Å². The van der Waals surface area contributed by atoms with Gasteiger partial charge < -0.3 is 5.32 Å². The molecule has 2 atom stereocenters. The Hall–Kier alpha value is -0.640. The van der Waals surface area contributed by atoms with Gasteiger partial charge in [-0.05, 0) is 31.9 Å². The highest BCUT2D eigenvalue weighted by atomic mass is 35.5. The second-order valence-electron chi connectivity index (χ2n) is 6.33. The third kappa shape index (κ3) is 3.97. The summed E-state index contributed by atoms with van der Waals surface area (Å²) in [5.74, 6) is -0.202. The smallest absolute Gasteiger partial charge is 0.129 e. The highest BCUT2D eigenvalue weighted by molar-refractivity contribution is 6.30. The van der Waals surface area contributed by atoms with Crippen molar-refractivity contribution < 1.29 is 4.39 Å². The molecular formula is C17H26ClFN2. The first kappa shape index (κ1) is 16.7. The summed E-state index contributed by atoms with van der Waals surface area (Å²) >= 11 is 5.84. The number of nitrogens with zero attached hydrogens (tertiary/aromatic N) is 1. The molecular weight excluding hydrogens is 287 g/mol. The Kier molecular flexibility index (Phi) is 5.64. The molecule has 0 amide bonds. The molecule has 1 aliphatic rings. The Labute approximate surface area is 132 Å². The summed E-state index contributed by atoms with van der Waals surface area (Å²) in [6, 6.07) is 5.50. The van der Waals surface area contributed by atoms with Crippen LogP contribution >= 0.6 is 11.6 Å². The number of piperazine rings is 1. The molecule has 118 valence electrons. The van der Waals surface area contributed by atoms with Crippen LogP contribution in [0.2, 0.25) is 5.02 Å². The van der Waals surface area contributed by atoms with E-state index in [0.29, 0.717) is 17.6 Å². The van der Waals surface area contributed by atoms with Crippen LogP contribution in [0.5, 0.6) is 0 Å². The van der Waals surface area contributed by atoms with Crippen LogP contribution in [0.1, 0.15) is 45.6 Å². The minimum Gasteiger partial charge on any atom is -0.311 e. The number of nitrogens with one attached hydrogen (secondary N) is 1. The summed E-state index contributed by atoms with van der Waals surface area (Å²) in [4.78, 5) is 2.43. The average Bonchev–Trinajstić information content (AvgIpc) is 2.46. The number of hydrogen-bond donors (Lipinski definition) is 1. The Bertz CT molecular complexity index is 480. The van der Waals surface area contributed by atoms with Crippen molar-refractivity contribution in [3.63, 3.8) is 0 Å². The zero-order valence-corrected chi connectivity index (χ0v) is 14.0. The van der Waals surface area contributed by atoms with Crippen molar-refractivity contribution in [1.82, 2.24) is 10.2 Å². The van der Waals surface area contributed by atoms with Crippen molar-refractivity contribution in [2.75, 3.05) is 13.1 Å². The van der Waals surface area contributed by atoms with Gasteiger partial charge in [-0.3, -0.25) is 4.90 Å². The Morgan fingerprint density at radius 1 is 1.43 bits per heavy atom. The standard InChI is InChI=1S/C17H26ClFN2/c1-4-6-15-11-21(17(3,5-2)12-20-15)10-13-7-8-14(18)9-16(13)19/h7-9,15,20H,4-6,10-12H2,1-3H3. The molecule has 1 aliphatic heterocycles. The molecule has 1 aromatic carbocycles. The van der Waals surface area contributed by atoms with Gasteiger partial charge in [-0.25, -0.2) is 4.39 Å². The molecule has 21 heavy (non-hydrogen) atoms. The van der Waals surface area contributed by atoms with E-state index in [-0.39, 0.29) is 11.4 Å². The summed E-state index contributed by atoms with van der Waals surface area (Å²) in [5.41, 5.74) is 0.812. The molecule has 1 saturated heterocycles. The van der Waals surface area contributed by atoms with Crippen LogP contribution in [0.4, 0.5) is 4.39 Å². The Morgan fingerprint density at radius 3 is 2.81 bits per heavy atom. The van der Waals surface area contributed by atoms with Crippen LogP contribution in [-0.2, 0) is 6.54 Å². The number of rotatable bonds is 5. The lowest BCUT2D eigenvalue weighted by atomic mass is 9.90. The van der Waals surface area contributed by atoms with E-state index in [1.165, 1.54) is 18.9 Å². The number of hydrogen-bond acceptors (Lipinski definition) is 2. The minimum absolute atomic E-state index is 0.0797. The molecule has 0 aromatic heterocycles. The van der Waals surface area contributed by atoms with Crippen molar-refractivity contribution >= 4 is 11.6 Å². The molecule has 1 heterocycles. The van der Waals surface area contributed by atoms with Crippen molar-refractivity contribution in [3.05, 3.63) is 34.6 Å². The second kappa shape index (κ2) is 7.08. The summed E-state index contributed by atoms with van der Waals surface area (Å²) in [7, 11) is 0. The van der Waals surface area contributed by atoms with Gasteiger partial charge in [0.1, 0.15) is 5.82 Å². The largest absolute Gasteiger partial charge is 0.311 e. The highest BCUT2D eigenvalue weighted by Gasteiger charge is 2.36. The molecule has 0 spiro atoms. The summed E-state index contributed by atoms with van der Waals surface area (Å²) in [6.45, 7) is 9.25. The van der Waals surface area contributed by atoms with Gasteiger partial charge in [0.2, 0.25) is 0 Å². The molecule has 0 aliphatic carbocycles. The lowest BCUT2D eigenvalue weighted by Gasteiger charge is -2.48. The molecule has 1 fully saturated rings. The van der Waals surface area contributed by atoms with E-state index in [1.54, 1.807) is 6.07 Å². The first-order valence-corrected chi connectivity index (χ1v) is 8.28. The van der Waals surface area contributed by atoms with Gasteiger partial charge in [0.05, 0.1) is 0 Å². The molecule has 1 N–H and O–H groups in total. The third-order valence-electron chi connectivity index (χ3n) is 4.75. The topological polar surface area (TPSA) is 15.3 Å². The van der Waals surface area contributed by atoms with Gasteiger partial charge in [-0.1, -0.05) is 37.9 Å². The van der Waals surface area contributed by atoms with Gasteiger partial charge in [0, 0.05) is 41.8 Å². The monoisotopic (exact) mass is 312 g/mol. The fourth-order valence-electron chi connectivity index (χ4n) is 3.03. The summed E-state index contributed by atoms with van der Waals surface area (Å²) in [6.07, 6.45) is 3.39. The van der Waals surface area contributed by atoms with Gasteiger partial charge in [-0.2, -0.15) is 0 Å². The molecule has 1 aromatic rings. The van der Waals surface area contributed by atoms with Gasteiger partial charge >= 0.3 is 0 Å². The Morgan fingerprint density at radius 2 is 2.19 bits per heavy atom. The predicted octanol–water partition coefficient (Wildman–Crippen LogP) is 4.22. The predicted molar refractivity (Wildman–Crippen MR) is 87.2 cm³/mol. The van der Waals surface area contributed by atoms with Crippen LogP contribution in [0, 0.1) is 5.82 Å². The van der Waals surface area contributed by atoms with E-state index in [4.69, 9.17) is 11.6 Å². The first-order valence-electron chi connectivity index (χ1n) is 7.91. The maximum absolute atomic E-state index is 14.1. The van der Waals surface area contributed by atoms with E-state index in [0.717, 1.165) is 25.1 Å². The Balaban J connectivity index is 2.16. The lowest BCUT2D eigenvalue weighted by molar-refractivity contribution is 0.0388. The van der Waals surface area contributed by atoms with Crippen molar-refractivity contribution in [3.8, 4) is 0 Å². The molecule has 4 heteroatoms. The fraction of sp³-hybridized carbons (Fsp3) is 0.647. The second-order valence-corrected chi connectivity index (χ2v) is 6.77. The third-order valence-corrected chi connectivity index (χ3v) is 4.99. The molecule has 0 bridgehead atoms. The normalized spacial score (nSPS) is 27.0. The molecule has 2 nitrogen and oxygen atoms in total. The average molecular weight is 313 g/mol. The number of halogens is 2. The van der Waals surface area contributed by atoms with Gasteiger partial charge in [0.25, 0.3) is 0 Å². The van der Waals surface area contributed by atoms with Crippen molar-refractivity contribution in [2.24, 2.45) is 0 Å². The van der Waals surface area contributed by atoms with E-state index < -0.39 is 0 Å². The quantitative estimate of drug-likeness (QED) is 0.875. The minimum atomic E-state index is -0.202. The molecule has 2 rings (SSSR count). The van der Waals surface area contributed by atoms with E-state index in [9.17, 15) is 4.39 Å². The first-order chi connectivity index (χ1) is 9.98. The van der Waals surface area contributed by atoms with E-state index in [1.807, 2.05) is 6.07 Å².